The lowest BCUT2D eigenvalue weighted by Gasteiger charge is -2.33. The molecule has 1 aliphatic rings. The van der Waals surface area contributed by atoms with Crippen molar-refractivity contribution in [3.05, 3.63) is 0 Å². The molecule has 0 aliphatic carbocycles. The van der Waals surface area contributed by atoms with Gasteiger partial charge >= 0.3 is 6.18 Å². The van der Waals surface area contributed by atoms with Crippen molar-refractivity contribution >= 4 is 0 Å². The third kappa shape index (κ3) is 4.29. The summed E-state index contributed by atoms with van der Waals surface area (Å²) >= 11 is 0. The maximum absolute atomic E-state index is 12.2. The Balaban J connectivity index is 2.48. The smallest absolute Gasteiger partial charge is 0.316 e. The highest BCUT2D eigenvalue weighted by molar-refractivity contribution is 4.89. The van der Waals surface area contributed by atoms with Crippen molar-refractivity contribution in [3.63, 3.8) is 0 Å². The van der Waals surface area contributed by atoms with Gasteiger partial charge in [0.05, 0.1) is 6.54 Å². The summed E-state index contributed by atoms with van der Waals surface area (Å²) in [6, 6.07) is 0. The van der Waals surface area contributed by atoms with Gasteiger partial charge in [-0.1, -0.05) is 13.3 Å². The average Bonchev–Trinajstić information content (AvgIpc) is 2.49. The molecule has 96 valence electrons. The summed E-state index contributed by atoms with van der Waals surface area (Å²) in [6.07, 6.45) is -1.07. The third-order valence-corrected chi connectivity index (χ3v) is 3.17. The molecular formula is C11H21F3N2. The number of halogens is 3. The minimum atomic E-state index is -4.09. The molecule has 5 heteroatoms. The first kappa shape index (κ1) is 13.8. The van der Waals surface area contributed by atoms with E-state index < -0.39 is 12.7 Å². The molecule has 1 atom stereocenters. The van der Waals surface area contributed by atoms with Gasteiger partial charge in [0.25, 0.3) is 0 Å². The summed E-state index contributed by atoms with van der Waals surface area (Å²) in [5, 5.41) is 3.26. The Kier molecular flexibility index (Phi) is 4.62. The van der Waals surface area contributed by atoms with Gasteiger partial charge in [-0.05, 0) is 31.8 Å². The topological polar surface area (TPSA) is 15.3 Å². The molecule has 0 saturated carbocycles. The molecule has 1 heterocycles. The van der Waals surface area contributed by atoms with Crippen LogP contribution in [0.5, 0.6) is 0 Å². The third-order valence-electron chi connectivity index (χ3n) is 3.17. The average molecular weight is 238 g/mol. The number of alkyl halides is 3. The Morgan fingerprint density at radius 1 is 1.38 bits per heavy atom. The van der Waals surface area contributed by atoms with Gasteiger partial charge in [0.1, 0.15) is 0 Å². The van der Waals surface area contributed by atoms with Gasteiger partial charge in [0.15, 0.2) is 0 Å². The summed E-state index contributed by atoms with van der Waals surface area (Å²) in [6.45, 7) is 3.60. The quantitative estimate of drug-likeness (QED) is 0.790. The molecule has 1 N–H and O–H groups in total. The van der Waals surface area contributed by atoms with Gasteiger partial charge in [-0.25, -0.2) is 0 Å². The zero-order valence-corrected chi connectivity index (χ0v) is 10.0. The van der Waals surface area contributed by atoms with Gasteiger partial charge in [-0.3, -0.25) is 4.90 Å². The fraction of sp³-hybridized carbons (Fsp3) is 1.00. The fourth-order valence-electron chi connectivity index (χ4n) is 2.69. The van der Waals surface area contributed by atoms with Crippen LogP contribution in [-0.4, -0.2) is 44.3 Å². The van der Waals surface area contributed by atoms with Crippen LogP contribution in [0.1, 0.15) is 26.2 Å². The van der Waals surface area contributed by atoms with Crippen molar-refractivity contribution in [2.45, 2.75) is 32.4 Å². The highest BCUT2D eigenvalue weighted by atomic mass is 19.4. The van der Waals surface area contributed by atoms with E-state index in [0.29, 0.717) is 6.54 Å². The molecule has 0 aromatic carbocycles. The molecule has 0 bridgehead atoms. The molecule has 1 aliphatic heterocycles. The van der Waals surface area contributed by atoms with Crippen molar-refractivity contribution in [1.29, 1.82) is 0 Å². The lowest BCUT2D eigenvalue weighted by atomic mass is 9.82. The summed E-state index contributed by atoms with van der Waals surface area (Å²) < 4.78 is 36.7. The van der Waals surface area contributed by atoms with Crippen molar-refractivity contribution < 1.29 is 13.2 Å². The first-order valence-electron chi connectivity index (χ1n) is 5.83. The van der Waals surface area contributed by atoms with Crippen LogP contribution in [0.3, 0.4) is 0 Å². The van der Waals surface area contributed by atoms with Crippen LogP contribution in [0.2, 0.25) is 0 Å². The Morgan fingerprint density at radius 3 is 2.50 bits per heavy atom. The van der Waals surface area contributed by atoms with Crippen LogP contribution in [-0.2, 0) is 0 Å². The molecule has 0 aromatic rings. The van der Waals surface area contributed by atoms with Crippen LogP contribution >= 0.6 is 0 Å². The Morgan fingerprint density at radius 2 is 2.06 bits per heavy atom. The van der Waals surface area contributed by atoms with E-state index in [4.69, 9.17) is 0 Å². The SMILES string of the molecule is CCCC1(CN(C)CC(F)(F)F)CCNC1. The van der Waals surface area contributed by atoms with E-state index in [0.717, 1.165) is 32.4 Å². The maximum Gasteiger partial charge on any atom is 0.401 e. The second-order valence-electron chi connectivity index (χ2n) is 4.96. The van der Waals surface area contributed by atoms with Crippen molar-refractivity contribution in [1.82, 2.24) is 10.2 Å². The summed E-state index contributed by atoms with van der Waals surface area (Å²) in [5.41, 5.74) is 0.0503. The van der Waals surface area contributed by atoms with E-state index in [1.165, 1.54) is 4.90 Å². The van der Waals surface area contributed by atoms with Crippen molar-refractivity contribution in [3.8, 4) is 0 Å². The second kappa shape index (κ2) is 5.36. The second-order valence-corrected chi connectivity index (χ2v) is 4.96. The molecule has 0 spiro atoms. The van der Waals surface area contributed by atoms with Crippen LogP contribution < -0.4 is 5.32 Å². The standard InChI is InChI=1S/C11H21F3N2/c1-3-4-10(5-6-15-7-10)8-16(2)9-11(12,13)14/h15H,3-9H2,1-2H3. The Bertz CT molecular complexity index is 210. The minimum absolute atomic E-state index is 0.0503. The molecule has 0 radical (unpaired) electrons. The molecular weight excluding hydrogens is 217 g/mol. The van der Waals surface area contributed by atoms with E-state index in [-0.39, 0.29) is 5.41 Å². The fourth-order valence-corrected chi connectivity index (χ4v) is 2.69. The van der Waals surface area contributed by atoms with E-state index >= 15 is 0 Å². The predicted molar refractivity (Wildman–Crippen MR) is 58.4 cm³/mol. The predicted octanol–water partition coefficient (Wildman–Crippen LogP) is 2.26. The zero-order valence-electron chi connectivity index (χ0n) is 10.0. The molecule has 1 rings (SSSR count). The number of hydrogen-bond donors (Lipinski definition) is 1. The summed E-state index contributed by atoms with van der Waals surface area (Å²) in [5.74, 6) is 0. The first-order chi connectivity index (χ1) is 7.37. The Hall–Kier alpha value is -0.290. The largest absolute Gasteiger partial charge is 0.401 e. The molecule has 2 nitrogen and oxygen atoms in total. The van der Waals surface area contributed by atoms with Crippen molar-refractivity contribution in [2.24, 2.45) is 5.41 Å². The summed E-state index contributed by atoms with van der Waals surface area (Å²) in [7, 11) is 1.56. The number of rotatable bonds is 5. The van der Waals surface area contributed by atoms with Gasteiger partial charge in [-0.15, -0.1) is 0 Å². The number of nitrogens with one attached hydrogen (secondary N) is 1. The molecule has 0 amide bonds. The number of hydrogen-bond acceptors (Lipinski definition) is 2. The molecule has 1 saturated heterocycles. The van der Waals surface area contributed by atoms with Gasteiger partial charge in [0.2, 0.25) is 0 Å². The first-order valence-corrected chi connectivity index (χ1v) is 5.83. The van der Waals surface area contributed by atoms with E-state index in [9.17, 15) is 13.2 Å². The molecule has 1 fully saturated rings. The lowest BCUT2D eigenvalue weighted by molar-refractivity contribution is -0.145. The highest BCUT2D eigenvalue weighted by Gasteiger charge is 2.37. The molecule has 1 unspecified atom stereocenters. The zero-order chi connectivity index (χ0) is 12.2. The lowest BCUT2D eigenvalue weighted by Crippen LogP contribution is -2.41. The minimum Gasteiger partial charge on any atom is -0.316 e. The highest BCUT2D eigenvalue weighted by Crippen LogP contribution is 2.32. The normalized spacial score (nSPS) is 26.6. The van der Waals surface area contributed by atoms with Gasteiger partial charge < -0.3 is 5.32 Å². The van der Waals surface area contributed by atoms with E-state index in [2.05, 4.69) is 12.2 Å². The Labute approximate surface area is 95.2 Å². The van der Waals surface area contributed by atoms with Crippen LogP contribution in [0.25, 0.3) is 0 Å². The molecule has 0 aromatic heterocycles. The summed E-state index contributed by atoms with van der Waals surface area (Å²) in [4.78, 5) is 1.41. The van der Waals surface area contributed by atoms with Crippen molar-refractivity contribution in [2.75, 3.05) is 33.2 Å². The van der Waals surface area contributed by atoms with Gasteiger partial charge in [0, 0.05) is 13.1 Å². The van der Waals surface area contributed by atoms with Gasteiger partial charge in [-0.2, -0.15) is 13.2 Å². The number of nitrogens with zero attached hydrogens (tertiary/aromatic N) is 1. The van der Waals surface area contributed by atoms with E-state index in [1.807, 2.05) is 0 Å². The molecule has 16 heavy (non-hydrogen) atoms. The van der Waals surface area contributed by atoms with Crippen LogP contribution in [0.4, 0.5) is 13.2 Å². The van der Waals surface area contributed by atoms with Crippen LogP contribution in [0.15, 0.2) is 0 Å². The van der Waals surface area contributed by atoms with E-state index in [1.54, 1.807) is 7.05 Å². The monoisotopic (exact) mass is 238 g/mol. The maximum atomic E-state index is 12.2. The van der Waals surface area contributed by atoms with Crippen LogP contribution in [0, 0.1) is 5.41 Å².